The molecular weight excluding hydrogens is 1030 g/mol. The summed E-state index contributed by atoms with van der Waals surface area (Å²) in [5, 5.41) is 23.3. The van der Waals surface area contributed by atoms with Crippen LogP contribution in [0.15, 0.2) is 48.6 Å². The number of hydrogen-bond donors (Lipinski definition) is 3. The highest BCUT2D eigenvalue weighted by atomic mass is 16.5. The second kappa shape index (κ2) is 73.3. The standard InChI is InChI=1S/C78H147NO5/c1-3-5-7-9-11-13-15-17-19-21-23-24-31-35-38-42-46-50-54-58-62-66-70-76(81)75(74-80)79-77(82)71-67-63-59-55-51-47-43-39-36-32-29-27-25-26-28-30-33-37-41-45-49-53-57-61-65-69-73-84-78(83)72-68-64-60-56-52-48-44-40-34-22-20-18-16-14-12-10-8-6-4-2/h12,14,18,20,25,27,66,70,75-76,80-81H,3-11,13,15-17,19,21-24,26,28-65,67-69,71-74H2,1-2H3,(H,79,82)/b14-12-,20-18-,27-25-,70-66+. The van der Waals surface area contributed by atoms with Gasteiger partial charge in [-0.05, 0) is 89.9 Å². The van der Waals surface area contributed by atoms with E-state index in [1.54, 1.807) is 6.08 Å². The molecule has 0 aromatic heterocycles. The largest absolute Gasteiger partial charge is 0.466 e. The van der Waals surface area contributed by atoms with Gasteiger partial charge in [0.15, 0.2) is 0 Å². The summed E-state index contributed by atoms with van der Waals surface area (Å²) in [7, 11) is 0. The zero-order valence-electron chi connectivity index (χ0n) is 56.6. The smallest absolute Gasteiger partial charge is 0.305 e. The van der Waals surface area contributed by atoms with Crippen molar-refractivity contribution in [2.75, 3.05) is 13.2 Å². The fourth-order valence-electron chi connectivity index (χ4n) is 11.8. The number of aliphatic hydroxyl groups is 2. The van der Waals surface area contributed by atoms with Crippen molar-refractivity contribution in [2.45, 2.75) is 424 Å². The number of allylic oxidation sites excluding steroid dienone is 7. The molecule has 0 aliphatic heterocycles. The van der Waals surface area contributed by atoms with Crippen LogP contribution in [0.4, 0.5) is 0 Å². The Morgan fingerprint density at radius 1 is 0.333 bits per heavy atom. The topological polar surface area (TPSA) is 95.9 Å². The van der Waals surface area contributed by atoms with E-state index in [9.17, 15) is 19.8 Å². The summed E-state index contributed by atoms with van der Waals surface area (Å²) in [5.74, 6) is -0.0555. The summed E-state index contributed by atoms with van der Waals surface area (Å²) in [6.45, 7) is 4.91. The maximum atomic E-state index is 12.5. The molecule has 0 spiro atoms. The molecular formula is C78H147NO5. The summed E-state index contributed by atoms with van der Waals surface area (Å²) in [6.07, 6.45) is 96.3. The van der Waals surface area contributed by atoms with Gasteiger partial charge in [0, 0.05) is 12.8 Å². The van der Waals surface area contributed by atoms with E-state index < -0.39 is 12.1 Å². The van der Waals surface area contributed by atoms with Crippen LogP contribution in [0.1, 0.15) is 412 Å². The van der Waals surface area contributed by atoms with Gasteiger partial charge in [0.05, 0.1) is 25.4 Å². The predicted molar refractivity (Wildman–Crippen MR) is 370 cm³/mol. The highest BCUT2D eigenvalue weighted by Gasteiger charge is 2.18. The van der Waals surface area contributed by atoms with Gasteiger partial charge in [0.2, 0.25) is 5.91 Å². The van der Waals surface area contributed by atoms with E-state index in [0.717, 1.165) is 51.4 Å². The highest BCUT2D eigenvalue weighted by Crippen LogP contribution is 2.19. The van der Waals surface area contributed by atoms with Crippen LogP contribution in [0.25, 0.3) is 0 Å². The van der Waals surface area contributed by atoms with Gasteiger partial charge in [-0.15, -0.1) is 0 Å². The Balaban J connectivity index is 3.41. The summed E-state index contributed by atoms with van der Waals surface area (Å²) < 4.78 is 5.51. The lowest BCUT2D eigenvalue weighted by atomic mass is 10.0. The van der Waals surface area contributed by atoms with Crippen molar-refractivity contribution in [1.82, 2.24) is 5.32 Å². The number of carbonyl (C=O) groups is 2. The number of ether oxygens (including phenoxy) is 1. The Morgan fingerprint density at radius 2 is 0.595 bits per heavy atom. The van der Waals surface area contributed by atoms with E-state index in [-0.39, 0.29) is 18.5 Å². The SMILES string of the molecule is CCCCC/C=C\C/C=C\CCCCCCCCCCCC(=O)OCCCCCCCCCCCCCC/C=C\CCCCCCCCCCCCC(=O)NC(CO)C(O)/C=C/CCCCCCCCCCCCCCCCCCCCCC. The molecule has 0 aliphatic carbocycles. The lowest BCUT2D eigenvalue weighted by Gasteiger charge is -2.20. The summed E-state index contributed by atoms with van der Waals surface area (Å²) in [5.41, 5.74) is 0. The van der Waals surface area contributed by atoms with E-state index in [1.807, 2.05) is 6.08 Å². The third kappa shape index (κ3) is 68.9. The van der Waals surface area contributed by atoms with Crippen LogP contribution in [-0.2, 0) is 14.3 Å². The van der Waals surface area contributed by atoms with E-state index in [1.165, 1.54) is 334 Å². The minimum atomic E-state index is -0.848. The second-order valence-electron chi connectivity index (χ2n) is 26.0. The molecule has 0 rings (SSSR count). The highest BCUT2D eigenvalue weighted by molar-refractivity contribution is 5.76. The Kier molecular flexibility index (Phi) is 71.4. The van der Waals surface area contributed by atoms with Gasteiger partial charge in [-0.25, -0.2) is 0 Å². The molecule has 2 unspecified atom stereocenters. The van der Waals surface area contributed by atoms with Crippen molar-refractivity contribution in [3.63, 3.8) is 0 Å². The van der Waals surface area contributed by atoms with Crippen LogP contribution < -0.4 is 5.32 Å². The molecule has 0 bridgehead atoms. The number of hydrogen-bond acceptors (Lipinski definition) is 5. The first-order valence-electron chi connectivity index (χ1n) is 37.9. The first-order valence-corrected chi connectivity index (χ1v) is 37.9. The average molecular weight is 1180 g/mol. The molecule has 0 radical (unpaired) electrons. The Morgan fingerprint density at radius 3 is 0.940 bits per heavy atom. The molecule has 0 fully saturated rings. The monoisotopic (exact) mass is 1180 g/mol. The Bertz CT molecular complexity index is 1400. The van der Waals surface area contributed by atoms with Crippen molar-refractivity contribution < 1.29 is 24.5 Å². The van der Waals surface area contributed by atoms with Gasteiger partial charge in [0.1, 0.15) is 0 Å². The van der Waals surface area contributed by atoms with E-state index in [0.29, 0.717) is 19.4 Å². The molecule has 3 N–H and O–H groups in total. The molecule has 6 heteroatoms. The number of rotatable bonds is 71. The fraction of sp³-hybridized carbons (Fsp3) is 0.872. The third-order valence-corrected chi connectivity index (χ3v) is 17.6. The van der Waals surface area contributed by atoms with Gasteiger partial charge in [-0.3, -0.25) is 9.59 Å². The summed E-state index contributed by atoms with van der Waals surface area (Å²) in [6, 6.07) is -0.631. The first-order chi connectivity index (χ1) is 41.5. The van der Waals surface area contributed by atoms with E-state index >= 15 is 0 Å². The lowest BCUT2D eigenvalue weighted by Crippen LogP contribution is -2.45. The number of amides is 1. The molecule has 0 aliphatic rings. The van der Waals surface area contributed by atoms with E-state index in [2.05, 4.69) is 55.6 Å². The molecule has 1 amide bonds. The average Bonchev–Trinajstić information content (AvgIpc) is 3.51. The van der Waals surface area contributed by atoms with E-state index in [4.69, 9.17) is 4.74 Å². The minimum Gasteiger partial charge on any atom is -0.466 e. The first kappa shape index (κ1) is 81.8. The van der Waals surface area contributed by atoms with Crippen LogP contribution in [-0.4, -0.2) is 47.4 Å². The third-order valence-electron chi connectivity index (χ3n) is 17.6. The molecule has 0 aromatic rings. The van der Waals surface area contributed by atoms with Crippen molar-refractivity contribution in [3.05, 3.63) is 48.6 Å². The molecule has 0 heterocycles. The number of esters is 1. The summed E-state index contributed by atoms with van der Waals surface area (Å²) >= 11 is 0. The Hall–Kier alpha value is -2.18. The molecule has 0 aromatic carbocycles. The number of nitrogens with one attached hydrogen (secondary N) is 1. The van der Waals surface area contributed by atoms with Crippen LogP contribution in [0.5, 0.6) is 0 Å². The van der Waals surface area contributed by atoms with Crippen LogP contribution in [0.3, 0.4) is 0 Å². The fourth-order valence-corrected chi connectivity index (χ4v) is 11.8. The lowest BCUT2D eigenvalue weighted by molar-refractivity contribution is -0.143. The van der Waals surface area contributed by atoms with Gasteiger partial charge in [-0.2, -0.15) is 0 Å². The maximum Gasteiger partial charge on any atom is 0.305 e. The van der Waals surface area contributed by atoms with Crippen molar-refractivity contribution in [2.24, 2.45) is 0 Å². The zero-order valence-corrected chi connectivity index (χ0v) is 56.6. The molecule has 6 nitrogen and oxygen atoms in total. The Labute approximate surface area is 525 Å². The maximum absolute atomic E-state index is 12.5. The normalized spacial score (nSPS) is 12.8. The number of carbonyl (C=O) groups excluding carboxylic acids is 2. The molecule has 2 atom stereocenters. The molecule has 84 heavy (non-hydrogen) atoms. The van der Waals surface area contributed by atoms with Crippen molar-refractivity contribution in [1.29, 1.82) is 0 Å². The van der Waals surface area contributed by atoms with Crippen LogP contribution in [0, 0.1) is 0 Å². The zero-order chi connectivity index (χ0) is 60.6. The number of unbranched alkanes of at least 4 members (excludes halogenated alkanes) is 54. The predicted octanol–water partition coefficient (Wildman–Crippen LogP) is 24.8. The number of aliphatic hydroxyl groups excluding tert-OH is 2. The van der Waals surface area contributed by atoms with Crippen LogP contribution >= 0.6 is 0 Å². The van der Waals surface area contributed by atoms with Gasteiger partial charge in [-0.1, -0.05) is 358 Å². The second-order valence-corrected chi connectivity index (χ2v) is 26.0. The van der Waals surface area contributed by atoms with Gasteiger partial charge >= 0.3 is 5.97 Å². The van der Waals surface area contributed by atoms with Gasteiger partial charge in [0.25, 0.3) is 0 Å². The quantitative estimate of drug-likeness (QED) is 0.0320. The molecule has 0 saturated carbocycles. The van der Waals surface area contributed by atoms with Gasteiger partial charge < -0.3 is 20.3 Å². The van der Waals surface area contributed by atoms with Crippen molar-refractivity contribution >= 4 is 11.9 Å². The molecule has 0 saturated heterocycles. The summed E-state index contributed by atoms with van der Waals surface area (Å²) in [4.78, 5) is 24.7. The van der Waals surface area contributed by atoms with Crippen molar-refractivity contribution in [3.8, 4) is 0 Å². The van der Waals surface area contributed by atoms with Crippen LogP contribution in [0.2, 0.25) is 0 Å². The minimum absolute atomic E-state index is 0.0106. The molecule has 494 valence electrons.